The van der Waals surface area contributed by atoms with Gasteiger partial charge in [-0.2, -0.15) is 0 Å². The van der Waals surface area contributed by atoms with Crippen molar-refractivity contribution in [1.82, 2.24) is 14.8 Å². The Morgan fingerprint density at radius 2 is 2.16 bits per heavy atom. The summed E-state index contributed by atoms with van der Waals surface area (Å²) in [5.74, 6) is 0.784. The van der Waals surface area contributed by atoms with Crippen LogP contribution in [0.4, 0.5) is 4.39 Å². The maximum Gasteiger partial charge on any atom is 0.167 e. The standard InChI is InChI=1S/C13H17FN4O/c1-9-3-4-11(14)10(7-9)13-17-16-12(8-15)18(13)5-6-19-2/h3-4,7H,5-6,8,15H2,1-2H3. The first kappa shape index (κ1) is 13.6. The van der Waals surface area contributed by atoms with Gasteiger partial charge in [0.05, 0.1) is 18.7 Å². The summed E-state index contributed by atoms with van der Waals surface area (Å²) in [6, 6.07) is 4.91. The topological polar surface area (TPSA) is 66.0 Å². The number of hydrogen-bond acceptors (Lipinski definition) is 4. The summed E-state index contributed by atoms with van der Waals surface area (Å²) < 4.78 is 20.8. The fourth-order valence-corrected chi connectivity index (χ4v) is 1.91. The van der Waals surface area contributed by atoms with Gasteiger partial charge in [0.1, 0.15) is 11.6 Å². The maximum absolute atomic E-state index is 13.9. The van der Waals surface area contributed by atoms with Crippen molar-refractivity contribution in [3.05, 3.63) is 35.4 Å². The van der Waals surface area contributed by atoms with Crippen molar-refractivity contribution < 1.29 is 9.13 Å². The molecule has 6 heteroatoms. The molecule has 2 aromatic rings. The van der Waals surface area contributed by atoms with Crippen molar-refractivity contribution in [2.45, 2.75) is 20.0 Å². The van der Waals surface area contributed by atoms with E-state index in [9.17, 15) is 4.39 Å². The third kappa shape index (κ3) is 2.80. The summed E-state index contributed by atoms with van der Waals surface area (Å²) in [5, 5.41) is 8.05. The SMILES string of the molecule is COCCn1c(CN)nnc1-c1cc(C)ccc1F. The zero-order valence-electron chi connectivity index (χ0n) is 11.1. The van der Waals surface area contributed by atoms with Gasteiger partial charge in [-0.3, -0.25) is 0 Å². The Hall–Kier alpha value is -1.79. The number of aryl methyl sites for hydroxylation is 1. The molecule has 5 nitrogen and oxygen atoms in total. The van der Waals surface area contributed by atoms with E-state index in [2.05, 4.69) is 10.2 Å². The molecule has 1 aromatic carbocycles. The minimum absolute atomic E-state index is 0.254. The molecule has 0 radical (unpaired) electrons. The lowest BCUT2D eigenvalue weighted by Gasteiger charge is -2.10. The van der Waals surface area contributed by atoms with E-state index in [-0.39, 0.29) is 12.4 Å². The molecule has 0 fully saturated rings. The lowest BCUT2D eigenvalue weighted by Crippen LogP contribution is -2.13. The number of halogens is 1. The first-order chi connectivity index (χ1) is 9.17. The number of nitrogens with zero attached hydrogens (tertiary/aromatic N) is 3. The highest BCUT2D eigenvalue weighted by Crippen LogP contribution is 2.23. The van der Waals surface area contributed by atoms with Crippen LogP contribution in [0.25, 0.3) is 11.4 Å². The van der Waals surface area contributed by atoms with Gasteiger partial charge >= 0.3 is 0 Å². The van der Waals surface area contributed by atoms with Crippen LogP contribution >= 0.6 is 0 Å². The number of methoxy groups -OCH3 is 1. The van der Waals surface area contributed by atoms with Gasteiger partial charge in [0, 0.05) is 13.7 Å². The third-order valence-electron chi connectivity index (χ3n) is 2.89. The zero-order chi connectivity index (χ0) is 13.8. The van der Waals surface area contributed by atoms with E-state index in [1.165, 1.54) is 6.07 Å². The van der Waals surface area contributed by atoms with Crippen molar-refractivity contribution in [3.63, 3.8) is 0 Å². The van der Waals surface area contributed by atoms with Gasteiger partial charge in [-0.05, 0) is 19.1 Å². The lowest BCUT2D eigenvalue weighted by molar-refractivity contribution is 0.186. The van der Waals surface area contributed by atoms with Crippen molar-refractivity contribution >= 4 is 0 Å². The van der Waals surface area contributed by atoms with Crippen molar-refractivity contribution in [3.8, 4) is 11.4 Å². The number of nitrogens with two attached hydrogens (primary N) is 1. The van der Waals surface area contributed by atoms with Crippen molar-refractivity contribution in [1.29, 1.82) is 0 Å². The highest BCUT2D eigenvalue weighted by atomic mass is 19.1. The van der Waals surface area contributed by atoms with E-state index in [0.29, 0.717) is 30.4 Å². The van der Waals surface area contributed by atoms with Crippen LogP contribution < -0.4 is 5.73 Å². The van der Waals surface area contributed by atoms with E-state index in [0.717, 1.165) is 5.56 Å². The van der Waals surface area contributed by atoms with E-state index < -0.39 is 0 Å². The largest absolute Gasteiger partial charge is 0.383 e. The van der Waals surface area contributed by atoms with E-state index in [1.54, 1.807) is 23.8 Å². The van der Waals surface area contributed by atoms with Crippen molar-refractivity contribution in [2.24, 2.45) is 5.73 Å². The third-order valence-corrected chi connectivity index (χ3v) is 2.89. The molecule has 0 saturated heterocycles. The Kier molecular flexibility index (Phi) is 4.24. The highest BCUT2D eigenvalue weighted by molar-refractivity contribution is 5.57. The molecule has 0 saturated carbocycles. The molecule has 0 spiro atoms. The van der Waals surface area contributed by atoms with Crippen LogP contribution in [-0.4, -0.2) is 28.5 Å². The summed E-state index contributed by atoms with van der Waals surface area (Å²) in [4.78, 5) is 0. The second-order valence-corrected chi connectivity index (χ2v) is 4.27. The maximum atomic E-state index is 13.9. The molecule has 19 heavy (non-hydrogen) atoms. The predicted molar refractivity (Wildman–Crippen MR) is 69.9 cm³/mol. The smallest absolute Gasteiger partial charge is 0.167 e. The number of benzene rings is 1. The average Bonchev–Trinajstić information content (AvgIpc) is 2.81. The Bertz CT molecular complexity index is 568. The highest BCUT2D eigenvalue weighted by Gasteiger charge is 2.16. The summed E-state index contributed by atoms with van der Waals surface area (Å²) in [6.07, 6.45) is 0. The van der Waals surface area contributed by atoms with Crippen LogP contribution in [0.1, 0.15) is 11.4 Å². The Morgan fingerprint density at radius 3 is 2.84 bits per heavy atom. The molecular weight excluding hydrogens is 247 g/mol. The fraction of sp³-hybridized carbons (Fsp3) is 0.385. The summed E-state index contributed by atoms with van der Waals surface area (Å²) in [5.41, 5.74) is 7.02. The number of aromatic nitrogens is 3. The molecule has 1 heterocycles. The zero-order valence-corrected chi connectivity index (χ0v) is 11.1. The van der Waals surface area contributed by atoms with Gasteiger partial charge in [-0.15, -0.1) is 10.2 Å². The Balaban J connectivity index is 2.49. The molecule has 0 aliphatic heterocycles. The number of rotatable bonds is 5. The first-order valence-electron chi connectivity index (χ1n) is 6.05. The van der Waals surface area contributed by atoms with Crippen LogP contribution in [0.5, 0.6) is 0 Å². The molecule has 2 rings (SSSR count). The fourth-order valence-electron chi connectivity index (χ4n) is 1.91. The van der Waals surface area contributed by atoms with E-state index >= 15 is 0 Å². The summed E-state index contributed by atoms with van der Waals surface area (Å²) in [6.45, 7) is 3.19. The number of hydrogen-bond donors (Lipinski definition) is 1. The monoisotopic (exact) mass is 264 g/mol. The molecular formula is C13H17FN4O. The molecule has 0 aliphatic rings. The van der Waals surface area contributed by atoms with Gasteiger partial charge in [0.15, 0.2) is 5.82 Å². The second-order valence-electron chi connectivity index (χ2n) is 4.27. The normalized spacial score (nSPS) is 10.9. The van der Waals surface area contributed by atoms with Gasteiger partial charge in [-0.25, -0.2) is 4.39 Å². The summed E-state index contributed by atoms with van der Waals surface area (Å²) in [7, 11) is 1.61. The summed E-state index contributed by atoms with van der Waals surface area (Å²) >= 11 is 0. The van der Waals surface area contributed by atoms with Crippen LogP contribution in [0.15, 0.2) is 18.2 Å². The van der Waals surface area contributed by atoms with Gasteiger partial charge in [-0.1, -0.05) is 11.6 Å². The predicted octanol–water partition coefficient (Wildman–Crippen LogP) is 1.50. The average molecular weight is 264 g/mol. The molecule has 2 N–H and O–H groups in total. The minimum atomic E-state index is -0.319. The molecule has 0 aliphatic carbocycles. The molecule has 0 bridgehead atoms. The molecule has 102 valence electrons. The van der Waals surface area contributed by atoms with E-state index in [4.69, 9.17) is 10.5 Å². The van der Waals surface area contributed by atoms with Crippen LogP contribution in [0.2, 0.25) is 0 Å². The molecule has 1 aromatic heterocycles. The lowest BCUT2D eigenvalue weighted by atomic mass is 10.1. The van der Waals surface area contributed by atoms with Crippen molar-refractivity contribution in [2.75, 3.05) is 13.7 Å². The van der Waals surface area contributed by atoms with Gasteiger partial charge in [0.25, 0.3) is 0 Å². The minimum Gasteiger partial charge on any atom is -0.383 e. The van der Waals surface area contributed by atoms with Gasteiger partial charge < -0.3 is 15.0 Å². The number of ether oxygens (including phenoxy) is 1. The quantitative estimate of drug-likeness (QED) is 0.888. The Morgan fingerprint density at radius 1 is 1.37 bits per heavy atom. The van der Waals surface area contributed by atoms with Gasteiger partial charge in [0.2, 0.25) is 0 Å². The van der Waals surface area contributed by atoms with Crippen LogP contribution in [0, 0.1) is 12.7 Å². The Labute approximate surface area is 111 Å². The van der Waals surface area contributed by atoms with Crippen LogP contribution in [-0.2, 0) is 17.8 Å². The molecule has 0 atom stereocenters. The molecule has 0 unspecified atom stereocenters. The first-order valence-corrected chi connectivity index (χ1v) is 6.05. The second kappa shape index (κ2) is 5.90. The van der Waals surface area contributed by atoms with Crippen LogP contribution in [0.3, 0.4) is 0 Å². The molecule has 0 amide bonds. The van der Waals surface area contributed by atoms with E-state index in [1.807, 2.05) is 6.92 Å².